The van der Waals surface area contributed by atoms with E-state index >= 15 is 0 Å². The molecule has 0 fully saturated rings. The van der Waals surface area contributed by atoms with Crippen LogP contribution in [-0.4, -0.2) is 32.4 Å². The van der Waals surface area contributed by atoms with Crippen molar-refractivity contribution in [3.63, 3.8) is 0 Å². The van der Waals surface area contributed by atoms with Crippen molar-refractivity contribution >= 4 is 39.6 Å². The molecule has 1 aliphatic rings. The van der Waals surface area contributed by atoms with Gasteiger partial charge in [0, 0.05) is 10.4 Å². The molecule has 2 aromatic rings. The van der Waals surface area contributed by atoms with Gasteiger partial charge in [0.2, 0.25) is 0 Å². The number of hydrogen-bond donors (Lipinski definition) is 2. The Labute approximate surface area is 186 Å². The first kappa shape index (κ1) is 22.4. The minimum atomic E-state index is -0.317. The number of ether oxygens (including phenoxy) is 3. The molecule has 6 nitrogen and oxygen atoms in total. The van der Waals surface area contributed by atoms with Gasteiger partial charge < -0.3 is 24.8 Å². The first-order valence-corrected chi connectivity index (χ1v) is 11.2. The van der Waals surface area contributed by atoms with Crippen LogP contribution in [0, 0.1) is 0 Å². The molecule has 0 saturated heterocycles. The molecule has 30 heavy (non-hydrogen) atoms. The molecule has 0 saturated carbocycles. The molecule has 1 unspecified atom stereocenters. The lowest BCUT2D eigenvalue weighted by Crippen LogP contribution is -2.31. The van der Waals surface area contributed by atoms with E-state index in [1.807, 2.05) is 25.1 Å². The summed E-state index contributed by atoms with van der Waals surface area (Å²) in [4.78, 5) is 13.8. The highest BCUT2D eigenvalue weighted by molar-refractivity contribution is 7.80. The zero-order valence-corrected chi connectivity index (χ0v) is 19.4. The molecule has 1 atom stereocenters. The fourth-order valence-electron chi connectivity index (χ4n) is 3.74. The van der Waals surface area contributed by atoms with Crippen molar-refractivity contribution in [1.82, 2.24) is 5.32 Å². The molecule has 2 N–H and O–H groups in total. The monoisotopic (exact) mass is 448 g/mol. The third kappa shape index (κ3) is 4.87. The van der Waals surface area contributed by atoms with E-state index in [-0.39, 0.29) is 12.0 Å². The number of carbonyl (C=O) groups excluding carboxylic acids is 1. The SMILES string of the molecule is COC(=O)c1c(NC(=S)NC(C)c2cc(OC)ccc2OC)sc2c1CCCCC2. The van der Waals surface area contributed by atoms with Gasteiger partial charge in [0.25, 0.3) is 0 Å². The van der Waals surface area contributed by atoms with E-state index < -0.39 is 0 Å². The van der Waals surface area contributed by atoms with Gasteiger partial charge in [0.05, 0.1) is 32.9 Å². The predicted molar refractivity (Wildman–Crippen MR) is 124 cm³/mol. The van der Waals surface area contributed by atoms with Gasteiger partial charge in [-0.1, -0.05) is 6.42 Å². The van der Waals surface area contributed by atoms with Crippen LogP contribution in [0.25, 0.3) is 0 Å². The predicted octanol–water partition coefficient (Wildman–Crippen LogP) is 4.87. The third-order valence-electron chi connectivity index (χ3n) is 5.29. The van der Waals surface area contributed by atoms with Crippen molar-refractivity contribution in [1.29, 1.82) is 0 Å². The van der Waals surface area contributed by atoms with Crippen molar-refractivity contribution in [3.05, 3.63) is 39.8 Å². The first-order valence-electron chi connectivity index (χ1n) is 10.0. The van der Waals surface area contributed by atoms with E-state index in [1.54, 1.807) is 25.6 Å². The molecule has 8 heteroatoms. The summed E-state index contributed by atoms with van der Waals surface area (Å²) in [5.41, 5.74) is 2.66. The maximum atomic E-state index is 12.5. The van der Waals surface area contributed by atoms with Gasteiger partial charge in [-0.15, -0.1) is 11.3 Å². The van der Waals surface area contributed by atoms with Crippen LogP contribution in [-0.2, 0) is 17.6 Å². The highest BCUT2D eigenvalue weighted by Crippen LogP contribution is 2.38. The van der Waals surface area contributed by atoms with Crippen molar-refractivity contribution < 1.29 is 19.0 Å². The maximum absolute atomic E-state index is 12.5. The molecule has 162 valence electrons. The number of hydrogen-bond acceptors (Lipinski definition) is 6. The van der Waals surface area contributed by atoms with Crippen LogP contribution in [0.3, 0.4) is 0 Å². The van der Waals surface area contributed by atoms with Crippen LogP contribution in [0.5, 0.6) is 11.5 Å². The fraction of sp³-hybridized carbons (Fsp3) is 0.455. The summed E-state index contributed by atoms with van der Waals surface area (Å²) in [5, 5.41) is 7.71. The molecule has 0 radical (unpaired) electrons. The Balaban J connectivity index is 1.80. The average Bonchev–Trinajstić information content (AvgIpc) is 2.92. The summed E-state index contributed by atoms with van der Waals surface area (Å²) in [6.07, 6.45) is 5.30. The van der Waals surface area contributed by atoms with Crippen LogP contribution >= 0.6 is 23.6 Å². The molecule has 0 bridgehead atoms. The van der Waals surface area contributed by atoms with Gasteiger partial charge in [-0.3, -0.25) is 0 Å². The Kier molecular flexibility index (Phi) is 7.55. The van der Waals surface area contributed by atoms with Crippen LogP contribution in [0.4, 0.5) is 5.00 Å². The van der Waals surface area contributed by atoms with Crippen molar-refractivity contribution in [3.8, 4) is 11.5 Å². The lowest BCUT2D eigenvalue weighted by atomic mass is 10.1. The molecular weight excluding hydrogens is 420 g/mol. The van der Waals surface area contributed by atoms with Crippen molar-refractivity contribution in [2.75, 3.05) is 26.6 Å². The molecular formula is C22H28N2O4S2. The number of thiophene rings is 1. The normalized spacial score (nSPS) is 14.1. The number of anilines is 1. The number of fused-ring (bicyclic) bond motifs is 1. The molecule has 0 aliphatic heterocycles. The summed E-state index contributed by atoms with van der Waals surface area (Å²) in [7, 11) is 4.68. The largest absolute Gasteiger partial charge is 0.497 e. The highest BCUT2D eigenvalue weighted by atomic mass is 32.1. The van der Waals surface area contributed by atoms with Crippen LogP contribution in [0.1, 0.15) is 58.6 Å². The first-order chi connectivity index (χ1) is 14.5. The van der Waals surface area contributed by atoms with E-state index in [4.69, 9.17) is 26.4 Å². The lowest BCUT2D eigenvalue weighted by Gasteiger charge is -2.20. The molecule has 0 amide bonds. The Hall–Kier alpha value is -2.32. The van der Waals surface area contributed by atoms with E-state index in [0.29, 0.717) is 10.7 Å². The van der Waals surface area contributed by atoms with Crippen molar-refractivity contribution in [2.24, 2.45) is 0 Å². The number of methoxy groups -OCH3 is 3. The summed E-state index contributed by atoms with van der Waals surface area (Å²) >= 11 is 7.16. The zero-order valence-electron chi connectivity index (χ0n) is 17.8. The quantitative estimate of drug-likeness (QED) is 0.371. The fourth-order valence-corrected chi connectivity index (χ4v) is 5.37. The molecule has 1 aromatic heterocycles. The van der Waals surface area contributed by atoms with Gasteiger partial charge in [0.1, 0.15) is 16.5 Å². The van der Waals surface area contributed by atoms with E-state index in [9.17, 15) is 4.79 Å². The topological polar surface area (TPSA) is 68.8 Å². The molecule has 1 aromatic carbocycles. The van der Waals surface area contributed by atoms with E-state index in [2.05, 4.69) is 10.6 Å². The standard InChI is InChI=1S/C22H28N2O4S2/c1-13(16-12-14(26-2)10-11-17(16)27-3)23-22(29)24-20-19(21(25)28-4)15-8-6-5-7-9-18(15)30-20/h10-13H,5-9H2,1-4H3,(H2,23,24,29). The number of esters is 1. The van der Waals surface area contributed by atoms with Crippen LogP contribution in [0.15, 0.2) is 18.2 Å². The number of benzene rings is 1. The van der Waals surface area contributed by atoms with Gasteiger partial charge in [-0.05, 0) is 68.6 Å². The Morgan fingerprint density at radius 3 is 2.60 bits per heavy atom. The third-order valence-corrected chi connectivity index (χ3v) is 6.72. The summed E-state index contributed by atoms with van der Waals surface area (Å²) < 4.78 is 15.9. The summed E-state index contributed by atoms with van der Waals surface area (Å²) in [5.74, 6) is 1.17. The smallest absolute Gasteiger partial charge is 0.341 e. The summed E-state index contributed by atoms with van der Waals surface area (Å²) in [6.45, 7) is 2.00. The van der Waals surface area contributed by atoms with E-state index in [0.717, 1.165) is 53.3 Å². The summed E-state index contributed by atoms with van der Waals surface area (Å²) in [6, 6.07) is 5.52. The minimum Gasteiger partial charge on any atom is -0.497 e. The van der Waals surface area contributed by atoms with Crippen molar-refractivity contribution in [2.45, 2.75) is 45.1 Å². The second-order valence-corrected chi connectivity index (χ2v) is 8.70. The number of nitrogens with one attached hydrogen (secondary N) is 2. The van der Waals surface area contributed by atoms with Crippen LogP contribution in [0.2, 0.25) is 0 Å². The van der Waals surface area contributed by atoms with Gasteiger partial charge >= 0.3 is 5.97 Å². The zero-order chi connectivity index (χ0) is 21.7. The van der Waals surface area contributed by atoms with Crippen LogP contribution < -0.4 is 20.1 Å². The van der Waals surface area contributed by atoms with Gasteiger partial charge in [0.15, 0.2) is 5.11 Å². The molecule has 1 aliphatic carbocycles. The number of carbonyl (C=O) groups is 1. The Morgan fingerprint density at radius 2 is 1.90 bits per heavy atom. The minimum absolute atomic E-state index is 0.130. The Bertz CT molecular complexity index is 926. The second-order valence-electron chi connectivity index (χ2n) is 7.19. The number of thiocarbonyl (C=S) groups is 1. The van der Waals surface area contributed by atoms with Gasteiger partial charge in [-0.25, -0.2) is 4.79 Å². The lowest BCUT2D eigenvalue weighted by molar-refractivity contribution is 0.0601. The number of rotatable bonds is 6. The molecule has 1 heterocycles. The maximum Gasteiger partial charge on any atom is 0.341 e. The molecule has 0 spiro atoms. The van der Waals surface area contributed by atoms with Gasteiger partial charge in [-0.2, -0.15) is 0 Å². The number of aryl methyl sites for hydroxylation is 1. The average molecular weight is 449 g/mol. The second kappa shape index (κ2) is 10.1. The Morgan fingerprint density at radius 1 is 1.13 bits per heavy atom. The highest BCUT2D eigenvalue weighted by Gasteiger charge is 2.26. The molecule has 3 rings (SSSR count). The van der Waals surface area contributed by atoms with E-state index in [1.165, 1.54) is 18.4 Å².